The Kier molecular flexibility index (Phi) is 10.0. The van der Waals surface area contributed by atoms with Gasteiger partial charge in [-0.05, 0) is 31.4 Å². The summed E-state index contributed by atoms with van der Waals surface area (Å²) in [6, 6.07) is 1.46. The molecule has 0 N–H and O–H groups in total. The topological polar surface area (TPSA) is 52.6 Å². The van der Waals surface area contributed by atoms with E-state index in [9.17, 15) is 22.8 Å². The summed E-state index contributed by atoms with van der Waals surface area (Å²) in [7, 11) is 0. The number of halogens is 3. The first-order valence-corrected chi connectivity index (χ1v) is 9.87. The molecule has 0 radical (unpaired) electrons. The third kappa shape index (κ3) is 5.97. The van der Waals surface area contributed by atoms with Crippen molar-refractivity contribution >= 4 is 11.9 Å². The predicted octanol–water partition coefficient (Wildman–Crippen LogP) is 5.72. The molecule has 158 valence electrons. The summed E-state index contributed by atoms with van der Waals surface area (Å²) < 4.78 is 50.3. The molecule has 0 fully saturated rings. The molecule has 0 aliphatic rings. The van der Waals surface area contributed by atoms with Crippen molar-refractivity contribution < 1.29 is 32.2 Å². The zero-order valence-corrected chi connectivity index (χ0v) is 16.8. The first kappa shape index (κ1) is 24.0. The molecule has 7 heteroatoms. The molecular weight excluding hydrogens is 373 g/mol. The zero-order chi connectivity index (χ0) is 21.2. The quantitative estimate of drug-likeness (QED) is 0.148. The monoisotopic (exact) mass is 402 g/mol. The molecule has 0 spiro atoms. The number of unbranched alkanes of at least 4 members (excludes halogenated alkanes) is 5. The van der Waals surface area contributed by atoms with E-state index in [1.54, 1.807) is 13.8 Å². The van der Waals surface area contributed by atoms with Crippen molar-refractivity contribution in [1.29, 1.82) is 0 Å². The molecule has 0 atom stereocenters. The summed E-state index contributed by atoms with van der Waals surface area (Å²) in [4.78, 5) is 25.1. The van der Waals surface area contributed by atoms with Gasteiger partial charge in [-0.1, -0.05) is 52.9 Å². The number of hydrogen-bond acceptors (Lipinski definition) is 4. The second-order valence-electron chi connectivity index (χ2n) is 6.76. The van der Waals surface area contributed by atoms with Gasteiger partial charge in [0.15, 0.2) is 22.8 Å². The minimum absolute atomic E-state index is 0.0724. The van der Waals surface area contributed by atoms with Gasteiger partial charge in [0.2, 0.25) is 5.82 Å². The van der Waals surface area contributed by atoms with Gasteiger partial charge in [-0.25, -0.2) is 8.78 Å². The van der Waals surface area contributed by atoms with Gasteiger partial charge in [0.1, 0.15) is 0 Å². The smallest absolute Gasteiger partial charge is 0.328 e. The first-order chi connectivity index (χ1) is 13.3. The number of benzene rings is 1. The van der Waals surface area contributed by atoms with Crippen LogP contribution in [0, 0.1) is 22.9 Å². The highest BCUT2D eigenvalue weighted by Gasteiger charge is 2.46. The van der Waals surface area contributed by atoms with E-state index < -0.39 is 40.6 Å². The van der Waals surface area contributed by atoms with Gasteiger partial charge < -0.3 is 9.47 Å². The van der Waals surface area contributed by atoms with Crippen molar-refractivity contribution in [1.82, 2.24) is 0 Å². The van der Waals surface area contributed by atoms with E-state index >= 15 is 0 Å². The molecule has 1 rings (SSSR count). The number of rotatable bonds is 12. The van der Waals surface area contributed by atoms with Crippen molar-refractivity contribution in [3.05, 3.63) is 29.6 Å². The highest BCUT2D eigenvalue weighted by Crippen LogP contribution is 2.32. The Morgan fingerprint density at radius 1 is 0.857 bits per heavy atom. The summed E-state index contributed by atoms with van der Waals surface area (Å²) in [5.74, 6) is -7.31. The van der Waals surface area contributed by atoms with Crippen LogP contribution in [-0.2, 0) is 14.3 Å². The Morgan fingerprint density at radius 3 is 2.07 bits per heavy atom. The number of hydrogen-bond donors (Lipinski definition) is 0. The molecule has 0 aromatic heterocycles. The Morgan fingerprint density at radius 2 is 1.46 bits per heavy atom. The fraction of sp³-hybridized carbons (Fsp3) is 0.619. The predicted molar refractivity (Wildman–Crippen MR) is 99.3 cm³/mol. The van der Waals surface area contributed by atoms with Gasteiger partial charge >= 0.3 is 11.9 Å². The zero-order valence-electron chi connectivity index (χ0n) is 16.8. The van der Waals surface area contributed by atoms with Crippen LogP contribution in [0.4, 0.5) is 13.2 Å². The molecule has 0 heterocycles. The molecule has 0 unspecified atom stereocenters. The Bertz CT molecular complexity index is 657. The minimum Gasteiger partial charge on any atom is -0.465 e. The van der Waals surface area contributed by atoms with Crippen molar-refractivity contribution in [2.45, 2.75) is 72.1 Å². The average molecular weight is 402 g/mol. The standard InChI is InChI=1S/C21H29F3O4/c1-4-7-8-9-10-11-14-27-19(25)21(5-2,6-3)20(26)28-16-13-12-15(22)17(23)18(16)24/h12-13H,4-11,14H2,1-3H3. The molecule has 0 amide bonds. The van der Waals surface area contributed by atoms with Crippen LogP contribution < -0.4 is 4.74 Å². The van der Waals surface area contributed by atoms with Crippen molar-refractivity contribution in [2.24, 2.45) is 5.41 Å². The van der Waals surface area contributed by atoms with Crippen molar-refractivity contribution in [3.8, 4) is 5.75 Å². The highest BCUT2D eigenvalue weighted by molar-refractivity contribution is 6.00. The lowest BCUT2D eigenvalue weighted by Gasteiger charge is -2.26. The fourth-order valence-electron chi connectivity index (χ4n) is 2.88. The maximum absolute atomic E-state index is 13.8. The van der Waals surface area contributed by atoms with Crippen molar-refractivity contribution in [2.75, 3.05) is 6.61 Å². The van der Waals surface area contributed by atoms with Gasteiger partial charge in [-0.2, -0.15) is 4.39 Å². The van der Waals surface area contributed by atoms with E-state index in [1.807, 2.05) is 0 Å². The van der Waals surface area contributed by atoms with E-state index in [-0.39, 0.29) is 19.4 Å². The molecule has 0 aliphatic heterocycles. The Labute approximate surface area is 164 Å². The lowest BCUT2D eigenvalue weighted by Crippen LogP contribution is -2.42. The molecular formula is C21H29F3O4. The normalized spacial score (nSPS) is 11.4. The molecule has 0 saturated heterocycles. The van der Waals surface area contributed by atoms with Gasteiger partial charge in [-0.15, -0.1) is 0 Å². The fourth-order valence-corrected chi connectivity index (χ4v) is 2.88. The van der Waals surface area contributed by atoms with Crippen LogP contribution in [-0.4, -0.2) is 18.5 Å². The molecule has 0 bridgehead atoms. The number of ether oxygens (including phenoxy) is 2. The van der Waals surface area contributed by atoms with Crippen LogP contribution in [0.1, 0.15) is 72.1 Å². The Hall–Kier alpha value is -2.05. The molecule has 0 saturated carbocycles. The molecule has 4 nitrogen and oxygen atoms in total. The second-order valence-corrected chi connectivity index (χ2v) is 6.76. The average Bonchev–Trinajstić information content (AvgIpc) is 2.69. The van der Waals surface area contributed by atoms with E-state index in [4.69, 9.17) is 9.47 Å². The van der Waals surface area contributed by atoms with Crippen LogP contribution in [0.25, 0.3) is 0 Å². The summed E-state index contributed by atoms with van der Waals surface area (Å²) in [5, 5.41) is 0. The maximum Gasteiger partial charge on any atom is 0.328 e. The summed E-state index contributed by atoms with van der Waals surface area (Å²) in [6.07, 6.45) is 6.24. The second kappa shape index (κ2) is 11.7. The van der Waals surface area contributed by atoms with Crippen LogP contribution in [0.3, 0.4) is 0 Å². The van der Waals surface area contributed by atoms with Crippen molar-refractivity contribution in [3.63, 3.8) is 0 Å². The number of carbonyl (C=O) groups excluding carboxylic acids is 2. The molecule has 1 aromatic carbocycles. The molecule has 1 aromatic rings. The van der Waals surface area contributed by atoms with E-state index in [0.717, 1.165) is 31.7 Å². The maximum atomic E-state index is 13.8. The highest BCUT2D eigenvalue weighted by atomic mass is 19.2. The Balaban J connectivity index is 2.74. The van der Waals surface area contributed by atoms with Gasteiger partial charge in [-0.3, -0.25) is 9.59 Å². The molecule has 28 heavy (non-hydrogen) atoms. The van der Waals surface area contributed by atoms with Gasteiger partial charge in [0.25, 0.3) is 0 Å². The van der Waals surface area contributed by atoms with Crippen LogP contribution in [0.15, 0.2) is 12.1 Å². The lowest BCUT2D eigenvalue weighted by molar-refractivity contribution is -0.168. The van der Waals surface area contributed by atoms with Gasteiger partial charge in [0.05, 0.1) is 6.61 Å². The SMILES string of the molecule is CCCCCCCCOC(=O)C(CC)(CC)C(=O)Oc1ccc(F)c(F)c1F. The third-order valence-electron chi connectivity index (χ3n) is 4.92. The van der Waals surface area contributed by atoms with E-state index in [2.05, 4.69) is 6.92 Å². The first-order valence-electron chi connectivity index (χ1n) is 9.87. The number of esters is 2. The molecule has 0 aliphatic carbocycles. The van der Waals surface area contributed by atoms with E-state index in [0.29, 0.717) is 12.5 Å². The summed E-state index contributed by atoms with van der Waals surface area (Å²) in [6.45, 7) is 5.53. The summed E-state index contributed by atoms with van der Waals surface area (Å²) in [5.41, 5.74) is -1.63. The van der Waals surface area contributed by atoms with Crippen LogP contribution >= 0.6 is 0 Å². The summed E-state index contributed by atoms with van der Waals surface area (Å²) >= 11 is 0. The minimum atomic E-state index is -1.74. The lowest BCUT2D eigenvalue weighted by atomic mass is 9.82. The van der Waals surface area contributed by atoms with E-state index in [1.165, 1.54) is 6.42 Å². The van der Waals surface area contributed by atoms with Gasteiger partial charge in [0, 0.05) is 0 Å². The van der Waals surface area contributed by atoms with Crippen LogP contribution in [0.5, 0.6) is 5.75 Å². The largest absolute Gasteiger partial charge is 0.465 e. The number of carbonyl (C=O) groups is 2. The third-order valence-corrected chi connectivity index (χ3v) is 4.92. The van der Waals surface area contributed by atoms with Crippen LogP contribution in [0.2, 0.25) is 0 Å².